The Balaban J connectivity index is 1.96. The van der Waals surface area contributed by atoms with Crippen LogP contribution in [-0.4, -0.2) is 22.3 Å². The summed E-state index contributed by atoms with van der Waals surface area (Å²) in [6.45, 7) is 0.744. The molecule has 0 amide bonds. The van der Waals surface area contributed by atoms with Gasteiger partial charge in [-0.05, 0) is 40.1 Å². The first-order valence-electron chi connectivity index (χ1n) is 5.86. The van der Waals surface area contributed by atoms with Gasteiger partial charge >= 0.3 is 0 Å². The fraction of sp³-hybridized carbons (Fsp3) is 0.154. The third kappa shape index (κ3) is 2.08. The van der Waals surface area contributed by atoms with Crippen molar-refractivity contribution in [2.75, 3.05) is 17.7 Å². The average Bonchev–Trinajstić information content (AvgIpc) is 2.90. The Morgan fingerprint density at radius 1 is 1.11 bits per heavy atom. The van der Waals surface area contributed by atoms with E-state index in [1.165, 1.54) is 5.56 Å². The molecule has 2 heterocycles. The normalized spacial score (nSPS) is 10.8. The van der Waals surface area contributed by atoms with Gasteiger partial charge in [-0.2, -0.15) is 0 Å². The Labute approximate surface area is 109 Å². The molecule has 2 N–H and O–H groups in total. The van der Waals surface area contributed by atoms with Crippen molar-refractivity contribution in [2.45, 2.75) is 6.54 Å². The molecule has 0 spiro atoms. The fourth-order valence-corrected chi connectivity index (χ4v) is 2.03. The van der Waals surface area contributed by atoms with Gasteiger partial charge in [-0.3, -0.25) is 4.98 Å². The Morgan fingerprint density at radius 3 is 2.63 bits per heavy atom. The number of hydrogen-bond acceptors (Lipinski definition) is 6. The lowest BCUT2D eigenvalue weighted by Crippen LogP contribution is -2.16. The summed E-state index contributed by atoms with van der Waals surface area (Å²) >= 11 is 0. The summed E-state index contributed by atoms with van der Waals surface area (Å²) in [5, 5.41) is 7.74. The minimum absolute atomic E-state index is 0.567. The molecule has 3 aromatic rings. The van der Waals surface area contributed by atoms with E-state index in [1.807, 2.05) is 31.3 Å². The third-order valence-corrected chi connectivity index (χ3v) is 3.01. The quantitative estimate of drug-likeness (QED) is 0.719. The van der Waals surface area contributed by atoms with Gasteiger partial charge in [0.2, 0.25) is 0 Å². The molecule has 96 valence electrons. The number of rotatable bonds is 3. The highest BCUT2D eigenvalue weighted by molar-refractivity contribution is 5.95. The number of fused-ring (bicyclic) bond motifs is 1. The third-order valence-electron chi connectivity index (χ3n) is 3.01. The molecule has 6 nitrogen and oxygen atoms in total. The zero-order valence-corrected chi connectivity index (χ0v) is 10.4. The summed E-state index contributed by atoms with van der Waals surface area (Å²) in [6.07, 6.45) is 3.55. The lowest BCUT2D eigenvalue weighted by Gasteiger charge is -2.19. The molecule has 0 fully saturated rings. The van der Waals surface area contributed by atoms with Crippen LogP contribution in [0.15, 0.2) is 41.3 Å². The van der Waals surface area contributed by atoms with Crippen molar-refractivity contribution in [2.24, 2.45) is 0 Å². The highest BCUT2D eigenvalue weighted by atomic mass is 16.6. The van der Waals surface area contributed by atoms with Gasteiger partial charge in [-0.25, -0.2) is 4.63 Å². The molecule has 0 bridgehead atoms. The van der Waals surface area contributed by atoms with Gasteiger partial charge in [0.15, 0.2) is 11.0 Å². The van der Waals surface area contributed by atoms with Crippen LogP contribution in [0.2, 0.25) is 0 Å². The first kappa shape index (κ1) is 11.5. The second kappa shape index (κ2) is 4.56. The summed E-state index contributed by atoms with van der Waals surface area (Å²) < 4.78 is 4.77. The number of nitrogens with zero attached hydrogens (tertiary/aromatic N) is 4. The van der Waals surface area contributed by atoms with Crippen molar-refractivity contribution in [1.82, 2.24) is 15.3 Å². The summed E-state index contributed by atoms with van der Waals surface area (Å²) in [6, 6.07) is 7.69. The molecule has 0 atom stereocenters. The molecule has 1 aromatic carbocycles. The Hall–Kier alpha value is -2.63. The van der Waals surface area contributed by atoms with E-state index in [-0.39, 0.29) is 0 Å². The molecule has 3 rings (SSSR count). The summed E-state index contributed by atoms with van der Waals surface area (Å²) in [4.78, 5) is 6.08. The number of nitrogens with two attached hydrogens (primary N) is 1. The molecule has 0 aliphatic carbocycles. The van der Waals surface area contributed by atoms with Gasteiger partial charge in [0, 0.05) is 26.0 Å². The molecule has 0 saturated carbocycles. The van der Waals surface area contributed by atoms with Crippen LogP contribution in [0.3, 0.4) is 0 Å². The number of aromatic nitrogens is 3. The van der Waals surface area contributed by atoms with Crippen LogP contribution in [0.4, 0.5) is 11.4 Å². The molecular formula is C13H13N5O. The van der Waals surface area contributed by atoms with Crippen LogP contribution >= 0.6 is 0 Å². The monoisotopic (exact) mass is 255 g/mol. The number of nitrogen functional groups attached to an aromatic ring is 1. The highest BCUT2D eigenvalue weighted by Crippen LogP contribution is 2.28. The van der Waals surface area contributed by atoms with E-state index < -0.39 is 0 Å². The minimum Gasteiger partial charge on any atom is -0.397 e. The first-order valence-corrected chi connectivity index (χ1v) is 5.86. The molecule has 2 aromatic heterocycles. The SMILES string of the molecule is CN(Cc1ccncc1)c1ccc(N)c2nonc12. The summed E-state index contributed by atoms with van der Waals surface area (Å²) in [7, 11) is 1.99. The molecule has 0 saturated heterocycles. The maximum atomic E-state index is 5.83. The van der Waals surface area contributed by atoms with Crippen LogP contribution < -0.4 is 10.6 Å². The molecule has 0 aliphatic rings. The van der Waals surface area contributed by atoms with E-state index in [1.54, 1.807) is 12.4 Å². The topological polar surface area (TPSA) is 81.1 Å². The van der Waals surface area contributed by atoms with Crippen molar-refractivity contribution in [3.05, 3.63) is 42.2 Å². The zero-order chi connectivity index (χ0) is 13.2. The molecule has 0 unspecified atom stereocenters. The predicted octanol–water partition coefficient (Wildman–Crippen LogP) is 1.84. The van der Waals surface area contributed by atoms with E-state index >= 15 is 0 Å². The van der Waals surface area contributed by atoms with Gasteiger partial charge in [-0.1, -0.05) is 0 Å². The number of benzene rings is 1. The lowest BCUT2D eigenvalue weighted by atomic mass is 10.2. The van der Waals surface area contributed by atoms with E-state index in [4.69, 9.17) is 10.4 Å². The molecule has 19 heavy (non-hydrogen) atoms. The maximum absolute atomic E-state index is 5.83. The second-order valence-electron chi connectivity index (χ2n) is 4.35. The van der Waals surface area contributed by atoms with Gasteiger partial charge in [0.25, 0.3) is 0 Å². The molecule has 0 aliphatic heterocycles. The van der Waals surface area contributed by atoms with Crippen molar-refractivity contribution in [1.29, 1.82) is 0 Å². The molecule has 0 radical (unpaired) electrons. The predicted molar refractivity (Wildman–Crippen MR) is 72.6 cm³/mol. The number of pyridine rings is 1. The number of anilines is 2. The van der Waals surface area contributed by atoms with E-state index in [2.05, 4.69) is 20.2 Å². The lowest BCUT2D eigenvalue weighted by molar-refractivity contribution is 0.315. The summed E-state index contributed by atoms with van der Waals surface area (Å²) in [5.74, 6) is 0. The minimum atomic E-state index is 0.567. The highest BCUT2D eigenvalue weighted by Gasteiger charge is 2.13. The van der Waals surface area contributed by atoms with Crippen molar-refractivity contribution >= 4 is 22.4 Å². The van der Waals surface area contributed by atoms with Crippen LogP contribution in [-0.2, 0) is 6.54 Å². The van der Waals surface area contributed by atoms with Crippen LogP contribution in [0.25, 0.3) is 11.0 Å². The standard InChI is InChI=1S/C13H13N5O/c1-18(8-9-4-6-15-7-5-9)11-3-2-10(14)12-13(11)17-19-16-12/h2-7H,8,14H2,1H3. The summed E-state index contributed by atoms with van der Waals surface area (Å²) in [5.41, 5.74) is 9.77. The van der Waals surface area contributed by atoms with Crippen molar-refractivity contribution in [3.63, 3.8) is 0 Å². The Kier molecular flexibility index (Phi) is 2.75. The number of hydrogen-bond donors (Lipinski definition) is 1. The van der Waals surface area contributed by atoms with Gasteiger partial charge < -0.3 is 10.6 Å². The average molecular weight is 255 g/mol. The molecular weight excluding hydrogens is 242 g/mol. The van der Waals surface area contributed by atoms with Crippen molar-refractivity contribution < 1.29 is 4.63 Å². The zero-order valence-electron chi connectivity index (χ0n) is 10.4. The Morgan fingerprint density at radius 2 is 1.84 bits per heavy atom. The van der Waals surface area contributed by atoms with E-state index in [0.717, 1.165) is 12.2 Å². The second-order valence-corrected chi connectivity index (χ2v) is 4.35. The molecule has 6 heteroatoms. The van der Waals surface area contributed by atoms with Crippen LogP contribution in [0.5, 0.6) is 0 Å². The maximum Gasteiger partial charge on any atom is 0.160 e. The van der Waals surface area contributed by atoms with Crippen LogP contribution in [0.1, 0.15) is 5.56 Å². The van der Waals surface area contributed by atoms with E-state index in [0.29, 0.717) is 16.7 Å². The van der Waals surface area contributed by atoms with Crippen molar-refractivity contribution in [3.8, 4) is 0 Å². The van der Waals surface area contributed by atoms with Gasteiger partial charge in [0.1, 0.15) is 0 Å². The van der Waals surface area contributed by atoms with Gasteiger partial charge in [0.05, 0.1) is 11.4 Å². The van der Waals surface area contributed by atoms with E-state index in [9.17, 15) is 0 Å². The fourth-order valence-electron chi connectivity index (χ4n) is 2.03. The first-order chi connectivity index (χ1) is 9.25. The Bertz CT molecular complexity index is 695. The largest absolute Gasteiger partial charge is 0.397 e. The van der Waals surface area contributed by atoms with Gasteiger partial charge in [-0.15, -0.1) is 0 Å². The smallest absolute Gasteiger partial charge is 0.160 e. The van der Waals surface area contributed by atoms with Crippen LogP contribution in [0, 0.1) is 0 Å².